The molecule has 0 aliphatic carbocycles. The van der Waals surface area contributed by atoms with E-state index in [1.807, 2.05) is 12.1 Å². The van der Waals surface area contributed by atoms with Crippen molar-refractivity contribution >= 4 is 23.0 Å². The third-order valence-electron chi connectivity index (χ3n) is 3.72. The van der Waals surface area contributed by atoms with E-state index in [0.717, 1.165) is 31.6 Å². The maximum absolute atomic E-state index is 6.12. The minimum Gasteiger partial charge on any atom is -0.396 e. The van der Waals surface area contributed by atoms with Crippen LogP contribution in [0.15, 0.2) is 42.5 Å². The predicted molar refractivity (Wildman–Crippen MR) is 81.7 cm³/mol. The summed E-state index contributed by atoms with van der Waals surface area (Å²) < 4.78 is 0. The largest absolute Gasteiger partial charge is 0.396 e. The molecular weight excluding hydrogens is 256 g/mol. The number of benzene rings is 2. The molecule has 0 spiro atoms. The lowest BCUT2D eigenvalue weighted by atomic mass is 10.0. The number of hydrogen-bond acceptors (Lipinski definition) is 2. The van der Waals surface area contributed by atoms with Crippen molar-refractivity contribution in [2.45, 2.75) is 19.4 Å². The average molecular weight is 273 g/mol. The molecule has 0 radical (unpaired) electrons. The number of fused-ring (bicyclic) bond motifs is 1. The van der Waals surface area contributed by atoms with Gasteiger partial charge in [0.1, 0.15) is 0 Å². The van der Waals surface area contributed by atoms with Crippen molar-refractivity contribution in [1.82, 2.24) is 0 Å². The van der Waals surface area contributed by atoms with Crippen LogP contribution in [0, 0.1) is 0 Å². The van der Waals surface area contributed by atoms with E-state index in [2.05, 4.69) is 35.2 Å². The van der Waals surface area contributed by atoms with Crippen LogP contribution in [0.5, 0.6) is 0 Å². The van der Waals surface area contributed by atoms with Crippen molar-refractivity contribution in [3.8, 4) is 0 Å². The highest BCUT2D eigenvalue weighted by molar-refractivity contribution is 6.33. The van der Waals surface area contributed by atoms with Crippen LogP contribution in [0.3, 0.4) is 0 Å². The van der Waals surface area contributed by atoms with Crippen molar-refractivity contribution in [2.24, 2.45) is 0 Å². The van der Waals surface area contributed by atoms with Gasteiger partial charge in [-0.15, -0.1) is 0 Å². The summed E-state index contributed by atoms with van der Waals surface area (Å²) in [7, 11) is 0. The van der Waals surface area contributed by atoms with Crippen molar-refractivity contribution in [1.29, 1.82) is 0 Å². The predicted octanol–water partition coefficient (Wildman–Crippen LogP) is 3.88. The summed E-state index contributed by atoms with van der Waals surface area (Å²) in [5.74, 6) is 0. The molecule has 0 saturated carbocycles. The number of nitrogens with zero attached hydrogens (tertiary/aromatic N) is 1. The fourth-order valence-corrected chi connectivity index (χ4v) is 2.88. The SMILES string of the molecule is Nc1c(Cl)cccc1N1CCCc2ccccc2C1. The molecule has 3 heteroatoms. The van der Waals surface area contributed by atoms with Crippen LogP contribution in [0.4, 0.5) is 11.4 Å². The number of anilines is 2. The standard InChI is InChI=1S/C16H17ClN2/c17-14-8-3-9-15(16(14)18)19-10-4-7-12-5-1-2-6-13(12)11-19/h1-3,5-6,8-9H,4,7,10-11,18H2. The molecule has 3 rings (SSSR count). The molecule has 2 nitrogen and oxygen atoms in total. The van der Waals surface area contributed by atoms with E-state index >= 15 is 0 Å². The molecular formula is C16H17ClN2. The topological polar surface area (TPSA) is 29.3 Å². The lowest BCUT2D eigenvalue weighted by Gasteiger charge is -2.25. The molecule has 0 aromatic heterocycles. The maximum atomic E-state index is 6.12. The number of nitrogen functional groups attached to an aromatic ring is 1. The lowest BCUT2D eigenvalue weighted by molar-refractivity contribution is 0.767. The molecule has 0 bridgehead atoms. The molecule has 2 aromatic rings. The molecule has 19 heavy (non-hydrogen) atoms. The van der Waals surface area contributed by atoms with Gasteiger partial charge in [0.25, 0.3) is 0 Å². The Morgan fingerprint density at radius 2 is 1.79 bits per heavy atom. The van der Waals surface area contributed by atoms with Gasteiger partial charge in [-0.2, -0.15) is 0 Å². The molecule has 0 unspecified atom stereocenters. The number of nitrogens with two attached hydrogens (primary N) is 1. The van der Waals surface area contributed by atoms with Gasteiger partial charge in [-0.3, -0.25) is 0 Å². The van der Waals surface area contributed by atoms with Crippen molar-refractivity contribution in [3.63, 3.8) is 0 Å². The normalized spacial score (nSPS) is 14.9. The Morgan fingerprint density at radius 3 is 2.63 bits per heavy atom. The van der Waals surface area contributed by atoms with Crippen molar-refractivity contribution in [3.05, 3.63) is 58.6 Å². The molecule has 2 aromatic carbocycles. The summed E-state index contributed by atoms with van der Waals surface area (Å²) in [6, 6.07) is 14.5. The third kappa shape index (κ3) is 2.41. The van der Waals surface area contributed by atoms with Gasteiger partial charge in [0.05, 0.1) is 16.4 Å². The van der Waals surface area contributed by atoms with E-state index in [-0.39, 0.29) is 0 Å². The fraction of sp³-hybridized carbons (Fsp3) is 0.250. The molecule has 98 valence electrons. The molecule has 1 heterocycles. The van der Waals surface area contributed by atoms with E-state index in [9.17, 15) is 0 Å². The van der Waals surface area contributed by atoms with E-state index in [0.29, 0.717) is 10.7 Å². The van der Waals surface area contributed by atoms with Crippen molar-refractivity contribution < 1.29 is 0 Å². The second-order valence-corrected chi connectivity index (χ2v) is 5.37. The molecule has 0 atom stereocenters. The first-order chi connectivity index (χ1) is 9.25. The van der Waals surface area contributed by atoms with Crippen LogP contribution >= 0.6 is 11.6 Å². The van der Waals surface area contributed by atoms with E-state index in [1.165, 1.54) is 11.1 Å². The number of aryl methyl sites for hydroxylation is 1. The second-order valence-electron chi connectivity index (χ2n) is 4.97. The summed E-state index contributed by atoms with van der Waals surface area (Å²) in [5.41, 5.74) is 10.7. The number of rotatable bonds is 1. The zero-order valence-corrected chi connectivity index (χ0v) is 11.5. The van der Waals surface area contributed by atoms with Crippen LogP contribution in [-0.4, -0.2) is 6.54 Å². The molecule has 2 N–H and O–H groups in total. The molecule has 0 amide bonds. The Labute approximate surface area is 118 Å². The summed E-state index contributed by atoms with van der Waals surface area (Å²) in [6.07, 6.45) is 2.27. The first-order valence-electron chi connectivity index (χ1n) is 6.61. The summed E-state index contributed by atoms with van der Waals surface area (Å²) in [5, 5.41) is 0.634. The highest BCUT2D eigenvalue weighted by Crippen LogP contribution is 2.32. The van der Waals surface area contributed by atoms with Gasteiger partial charge < -0.3 is 10.6 Å². The Bertz CT molecular complexity index is 595. The quantitative estimate of drug-likeness (QED) is 0.799. The van der Waals surface area contributed by atoms with Gasteiger partial charge in [-0.1, -0.05) is 41.9 Å². The first kappa shape index (κ1) is 12.4. The maximum Gasteiger partial charge on any atom is 0.0741 e. The highest BCUT2D eigenvalue weighted by Gasteiger charge is 2.16. The van der Waals surface area contributed by atoms with Gasteiger partial charge in [-0.25, -0.2) is 0 Å². The summed E-state index contributed by atoms with van der Waals surface area (Å²) in [4.78, 5) is 2.33. The number of hydrogen-bond donors (Lipinski definition) is 1. The van der Waals surface area contributed by atoms with E-state index < -0.39 is 0 Å². The molecule has 1 aliphatic heterocycles. The second kappa shape index (κ2) is 5.14. The van der Waals surface area contributed by atoms with Gasteiger partial charge in [0, 0.05) is 13.1 Å². The Kier molecular flexibility index (Phi) is 3.34. The lowest BCUT2D eigenvalue weighted by Crippen LogP contribution is -2.23. The van der Waals surface area contributed by atoms with Gasteiger partial charge in [0.2, 0.25) is 0 Å². The minimum absolute atomic E-state index is 0.634. The summed E-state index contributed by atoms with van der Waals surface area (Å²) >= 11 is 6.12. The van der Waals surface area contributed by atoms with E-state index in [1.54, 1.807) is 0 Å². The van der Waals surface area contributed by atoms with Crippen LogP contribution in [-0.2, 0) is 13.0 Å². The zero-order valence-electron chi connectivity index (χ0n) is 10.8. The van der Waals surface area contributed by atoms with E-state index in [4.69, 9.17) is 17.3 Å². The average Bonchev–Trinajstić information content (AvgIpc) is 2.64. The molecule has 0 saturated heterocycles. The Morgan fingerprint density at radius 1 is 1.00 bits per heavy atom. The van der Waals surface area contributed by atoms with Crippen LogP contribution in [0.25, 0.3) is 0 Å². The number of para-hydroxylation sites is 1. The Balaban J connectivity index is 1.96. The first-order valence-corrected chi connectivity index (χ1v) is 6.99. The smallest absolute Gasteiger partial charge is 0.0741 e. The summed E-state index contributed by atoms with van der Waals surface area (Å²) in [6.45, 7) is 1.92. The van der Waals surface area contributed by atoms with Crippen LogP contribution < -0.4 is 10.6 Å². The zero-order chi connectivity index (χ0) is 13.2. The minimum atomic E-state index is 0.634. The van der Waals surface area contributed by atoms with Crippen LogP contribution in [0.2, 0.25) is 5.02 Å². The monoisotopic (exact) mass is 272 g/mol. The van der Waals surface area contributed by atoms with Crippen LogP contribution in [0.1, 0.15) is 17.5 Å². The van der Waals surface area contributed by atoms with Crippen molar-refractivity contribution in [2.75, 3.05) is 17.2 Å². The van der Waals surface area contributed by atoms with Gasteiger partial charge in [-0.05, 0) is 36.1 Å². The Hall–Kier alpha value is -1.67. The third-order valence-corrected chi connectivity index (χ3v) is 4.05. The highest BCUT2D eigenvalue weighted by atomic mass is 35.5. The fourth-order valence-electron chi connectivity index (χ4n) is 2.71. The molecule has 0 fully saturated rings. The molecule has 1 aliphatic rings. The van der Waals surface area contributed by atoms with Gasteiger partial charge >= 0.3 is 0 Å². The van der Waals surface area contributed by atoms with Gasteiger partial charge in [0.15, 0.2) is 0 Å². The number of halogens is 1.